The molecule has 1 aromatic rings. The topological polar surface area (TPSA) is 104 Å². The van der Waals surface area contributed by atoms with Crippen LogP contribution in [0.3, 0.4) is 0 Å². The molecule has 2 heterocycles. The molecule has 7 heteroatoms. The Morgan fingerprint density at radius 1 is 1.42 bits per heavy atom. The van der Waals surface area contributed by atoms with Gasteiger partial charge in [-0.15, -0.1) is 0 Å². The van der Waals surface area contributed by atoms with Crippen molar-refractivity contribution in [3.05, 3.63) is 22.9 Å². The molecule has 1 fully saturated rings. The molecule has 1 aliphatic heterocycles. The number of carbonyl (C=O) groups excluding carboxylic acids is 1. The highest BCUT2D eigenvalue weighted by Crippen LogP contribution is 2.27. The lowest BCUT2D eigenvalue weighted by Gasteiger charge is -2.32. The van der Waals surface area contributed by atoms with Gasteiger partial charge in [0.15, 0.2) is 0 Å². The molecule has 0 amide bonds. The molecule has 7 nitrogen and oxygen atoms in total. The molecule has 0 saturated carbocycles. The van der Waals surface area contributed by atoms with Crippen LogP contribution in [0.2, 0.25) is 0 Å². The highest BCUT2D eigenvalue weighted by atomic mass is 16.5. The molecule has 0 spiro atoms. The van der Waals surface area contributed by atoms with E-state index in [1.54, 1.807) is 6.92 Å². The summed E-state index contributed by atoms with van der Waals surface area (Å²) >= 11 is 0. The number of carboxylic acids is 1. The summed E-state index contributed by atoms with van der Waals surface area (Å²) in [6.07, 6.45) is 1.57. The molecule has 0 aliphatic carbocycles. The van der Waals surface area contributed by atoms with Gasteiger partial charge in [0, 0.05) is 13.1 Å². The summed E-state index contributed by atoms with van der Waals surface area (Å²) in [6, 6.07) is 3.62. The van der Waals surface area contributed by atoms with Crippen molar-refractivity contribution in [3.63, 3.8) is 0 Å². The van der Waals surface area contributed by atoms with Crippen molar-refractivity contribution in [3.8, 4) is 6.07 Å². The van der Waals surface area contributed by atoms with Gasteiger partial charge >= 0.3 is 11.9 Å². The minimum atomic E-state index is -0.782. The molecule has 1 saturated heterocycles. The fraction of sp³-hybridized carbons (Fsp3) is 0.529. The lowest BCUT2D eigenvalue weighted by atomic mass is 9.96. The summed E-state index contributed by atoms with van der Waals surface area (Å²) in [4.78, 5) is 29.5. The van der Waals surface area contributed by atoms with Crippen LogP contribution in [0.1, 0.15) is 48.3 Å². The van der Waals surface area contributed by atoms with Gasteiger partial charge in [-0.3, -0.25) is 4.79 Å². The quantitative estimate of drug-likeness (QED) is 0.823. The number of carboxylic acid groups (broad SMARTS) is 1. The van der Waals surface area contributed by atoms with Crippen LogP contribution in [0.25, 0.3) is 0 Å². The Morgan fingerprint density at radius 2 is 2.08 bits per heavy atom. The minimum Gasteiger partial charge on any atom is -0.481 e. The highest BCUT2D eigenvalue weighted by Gasteiger charge is 2.27. The first-order valence-electron chi connectivity index (χ1n) is 8.10. The number of rotatable bonds is 5. The Balaban J connectivity index is 2.32. The van der Waals surface area contributed by atoms with Crippen molar-refractivity contribution >= 4 is 17.8 Å². The van der Waals surface area contributed by atoms with E-state index in [4.69, 9.17) is 9.84 Å². The number of nitriles is 1. The maximum atomic E-state index is 12.0. The molecule has 2 rings (SSSR count). The van der Waals surface area contributed by atoms with Crippen LogP contribution in [0.5, 0.6) is 0 Å². The molecular weight excluding hydrogens is 310 g/mol. The number of hydrogen-bond acceptors (Lipinski definition) is 6. The van der Waals surface area contributed by atoms with E-state index >= 15 is 0 Å². The zero-order valence-electron chi connectivity index (χ0n) is 13.9. The molecule has 0 atom stereocenters. The summed E-state index contributed by atoms with van der Waals surface area (Å²) in [6.45, 7) is 4.93. The number of aryl methyl sites for hydroxylation is 1. The number of esters is 1. The smallest absolute Gasteiger partial charge is 0.340 e. The molecule has 1 aromatic heterocycles. The van der Waals surface area contributed by atoms with E-state index in [2.05, 4.69) is 11.1 Å². The number of anilines is 1. The largest absolute Gasteiger partial charge is 0.481 e. The Labute approximate surface area is 140 Å². The van der Waals surface area contributed by atoms with Gasteiger partial charge in [-0.25, -0.2) is 9.78 Å². The van der Waals surface area contributed by atoms with Crippen LogP contribution in [0.4, 0.5) is 5.82 Å². The minimum absolute atomic E-state index is 0.258. The second-order valence-corrected chi connectivity index (χ2v) is 5.64. The number of hydrogen-bond donors (Lipinski definition) is 1. The van der Waals surface area contributed by atoms with E-state index in [-0.39, 0.29) is 12.5 Å². The standard InChI is InChI=1S/C17H21N3O4/c1-3-14-13(17(23)24-4-2)9-12(10-18)15(19-14)20-7-5-11(6-8-20)16(21)22/h9,11H,3-8H2,1-2H3,(H,21,22). The van der Waals surface area contributed by atoms with Gasteiger partial charge in [-0.2, -0.15) is 5.26 Å². The third-order valence-electron chi connectivity index (χ3n) is 4.18. The summed E-state index contributed by atoms with van der Waals surface area (Å²) in [5, 5.41) is 18.5. The fourth-order valence-corrected chi connectivity index (χ4v) is 2.86. The van der Waals surface area contributed by atoms with E-state index in [1.165, 1.54) is 6.07 Å². The first kappa shape index (κ1) is 17.7. The van der Waals surface area contributed by atoms with Gasteiger partial charge in [-0.1, -0.05) is 6.92 Å². The summed E-state index contributed by atoms with van der Waals surface area (Å²) < 4.78 is 5.03. The lowest BCUT2D eigenvalue weighted by Crippen LogP contribution is -2.37. The SMILES string of the molecule is CCOC(=O)c1cc(C#N)c(N2CCC(C(=O)O)CC2)nc1CC. The average molecular weight is 331 g/mol. The van der Waals surface area contributed by atoms with Crippen LogP contribution < -0.4 is 4.90 Å². The van der Waals surface area contributed by atoms with Gasteiger partial charge in [0.05, 0.1) is 29.3 Å². The van der Waals surface area contributed by atoms with Crippen LogP contribution >= 0.6 is 0 Å². The molecule has 1 aliphatic rings. The van der Waals surface area contributed by atoms with Crippen molar-refractivity contribution in [2.75, 3.05) is 24.6 Å². The van der Waals surface area contributed by atoms with Crippen LogP contribution in [0.15, 0.2) is 6.07 Å². The Hall–Kier alpha value is -2.62. The number of ether oxygens (including phenoxy) is 1. The van der Waals surface area contributed by atoms with Crippen molar-refractivity contribution < 1.29 is 19.4 Å². The number of aliphatic carboxylic acids is 1. The molecule has 128 valence electrons. The van der Waals surface area contributed by atoms with Crippen molar-refractivity contribution in [1.29, 1.82) is 5.26 Å². The van der Waals surface area contributed by atoms with Gasteiger partial charge in [0.1, 0.15) is 11.9 Å². The predicted octanol–water partition coefficient (Wildman–Crippen LogP) is 1.99. The van der Waals surface area contributed by atoms with Crippen LogP contribution in [-0.4, -0.2) is 41.7 Å². The number of aromatic nitrogens is 1. The van der Waals surface area contributed by atoms with Crippen molar-refractivity contribution in [1.82, 2.24) is 4.98 Å². The van der Waals surface area contributed by atoms with Crippen LogP contribution in [-0.2, 0) is 16.0 Å². The van der Waals surface area contributed by atoms with Gasteiger partial charge in [0.2, 0.25) is 0 Å². The number of piperidine rings is 1. The molecule has 0 bridgehead atoms. The fourth-order valence-electron chi connectivity index (χ4n) is 2.86. The molecule has 0 radical (unpaired) electrons. The van der Waals surface area contributed by atoms with E-state index in [0.29, 0.717) is 55.0 Å². The first-order chi connectivity index (χ1) is 11.5. The monoisotopic (exact) mass is 331 g/mol. The molecule has 0 unspecified atom stereocenters. The number of carbonyl (C=O) groups is 2. The first-order valence-corrected chi connectivity index (χ1v) is 8.10. The second kappa shape index (κ2) is 7.77. The van der Waals surface area contributed by atoms with Gasteiger partial charge in [0.25, 0.3) is 0 Å². The maximum absolute atomic E-state index is 12.0. The van der Waals surface area contributed by atoms with E-state index < -0.39 is 11.9 Å². The summed E-state index contributed by atoms with van der Waals surface area (Å²) in [5.74, 6) is -1.09. The van der Waals surface area contributed by atoms with Gasteiger partial charge < -0.3 is 14.7 Å². The third kappa shape index (κ3) is 3.65. The zero-order valence-corrected chi connectivity index (χ0v) is 13.9. The van der Waals surface area contributed by atoms with Crippen molar-refractivity contribution in [2.45, 2.75) is 33.1 Å². The Morgan fingerprint density at radius 3 is 2.58 bits per heavy atom. The summed E-state index contributed by atoms with van der Waals surface area (Å²) in [5.41, 5.74) is 1.21. The molecule has 1 N–H and O–H groups in total. The Kier molecular flexibility index (Phi) is 5.74. The van der Waals surface area contributed by atoms with Crippen molar-refractivity contribution in [2.24, 2.45) is 5.92 Å². The van der Waals surface area contributed by atoms with Crippen LogP contribution in [0, 0.1) is 17.2 Å². The van der Waals surface area contributed by atoms with E-state index in [1.807, 2.05) is 11.8 Å². The molecule has 24 heavy (non-hydrogen) atoms. The number of nitrogens with zero attached hydrogens (tertiary/aromatic N) is 3. The van der Waals surface area contributed by atoms with E-state index in [9.17, 15) is 14.9 Å². The lowest BCUT2D eigenvalue weighted by molar-refractivity contribution is -0.142. The Bertz CT molecular complexity index is 673. The summed E-state index contributed by atoms with van der Waals surface area (Å²) in [7, 11) is 0. The van der Waals surface area contributed by atoms with E-state index in [0.717, 1.165) is 0 Å². The normalized spacial score (nSPS) is 15.0. The second-order valence-electron chi connectivity index (χ2n) is 5.64. The van der Waals surface area contributed by atoms with Gasteiger partial charge in [-0.05, 0) is 32.3 Å². The zero-order chi connectivity index (χ0) is 17.7. The molecule has 0 aromatic carbocycles. The number of pyridine rings is 1. The maximum Gasteiger partial charge on any atom is 0.340 e. The highest BCUT2D eigenvalue weighted by molar-refractivity contribution is 5.91. The predicted molar refractivity (Wildman–Crippen MR) is 86.9 cm³/mol. The average Bonchev–Trinajstić information content (AvgIpc) is 2.60. The third-order valence-corrected chi connectivity index (χ3v) is 4.18. The molecular formula is C17H21N3O4.